The topological polar surface area (TPSA) is 54.5 Å². The fraction of sp³-hybridized carbons (Fsp3) is 0.850. The maximum atomic E-state index is 12.9. The molecule has 0 radical (unpaired) electrons. The van der Waals surface area contributed by atoms with Gasteiger partial charge in [-0.25, -0.2) is 12.7 Å². The van der Waals surface area contributed by atoms with Crippen molar-refractivity contribution in [3.8, 4) is 0 Å². The quantitative estimate of drug-likeness (QED) is 0.709. The van der Waals surface area contributed by atoms with Crippen LogP contribution in [0.25, 0.3) is 0 Å². The first-order valence-electron chi connectivity index (χ1n) is 9.54. The minimum atomic E-state index is -3.49. The van der Waals surface area contributed by atoms with E-state index in [0.29, 0.717) is 5.92 Å². The van der Waals surface area contributed by atoms with Crippen molar-refractivity contribution in [2.24, 2.45) is 28.1 Å². The largest absolute Gasteiger partial charge is 0.274 e. The molecule has 2 bridgehead atoms. The van der Waals surface area contributed by atoms with Gasteiger partial charge in [0.05, 0.1) is 11.8 Å². The van der Waals surface area contributed by atoms with E-state index in [1.165, 1.54) is 4.31 Å². The highest BCUT2D eigenvalue weighted by molar-refractivity contribution is 7.90. The van der Waals surface area contributed by atoms with Crippen LogP contribution in [0, 0.1) is 28.1 Å². The summed E-state index contributed by atoms with van der Waals surface area (Å²) in [6.45, 7) is 12.8. The van der Waals surface area contributed by atoms with Gasteiger partial charge < -0.3 is 0 Å². The molecule has 142 valence electrons. The molecule has 2 aliphatic carbocycles. The molecule has 1 saturated heterocycles. The summed E-state index contributed by atoms with van der Waals surface area (Å²) >= 11 is 0. The summed E-state index contributed by atoms with van der Waals surface area (Å²) in [6.07, 6.45) is 7.31. The van der Waals surface area contributed by atoms with Crippen LogP contribution in [0.5, 0.6) is 0 Å². The highest BCUT2D eigenvalue weighted by Crippen LogP contribution is 2.70. The summed E-state index contributed by atoms with van der Waals surface area (Å²) < 4.78 is 27.0. The molecule has 3 fully saturated rings. The van der Waals surface area contributed by atoms with E-state index in [1.807, 2.05) is 13.0 Å². The summed E-state index contributed by atoms with van der Waals surface area (Å²) in [6, 6.07) is -0.113. The zero-order chi connectivity index (χ0) is 18.8. The first kappa shape index (κ1) is 18.9. The lowest BCUT2D eigenvalue weighted by Crippen LogP contribution is -2.44. The molecule has 0 aromatic heterocycles. The van der Waals surface area contributed by atoms with Gasteiger partial charge in [-0.15, -0.1) is 0 Å². The molecule has 4 atom stereocenters. The molecule has 4 nitrogen and oxygen atoms in total. The number of fused-ring (bicyclic) bond motifs is 1. The van der Waals surface area contributed by atoms with Gasteiger partial charge in [-0.2, -0.15) is 0 Å². The number of amides is 1. The Labute approximate surface area is 153 Å². The third kappa shape index (κ3) is 2.87. The molecule has 2 saturated carbocycles. The number of nitrogens with zero attached hydrogens (tertiary/aromatic N) is 1. The second kappa shape index (κ2) is 5.58. The van der Waals surface area contributed by atoms with Crippen LogP contribution in [0.1, 0.15) is 67.2 Å². The van der Waals surface area contributed by atoms with Gasteiger partial charge in [0, 0.05) is 11.8 Å². The third-order valence-electron chi connectivity index (χ3n) is 7.08. The summed E-state index contributed by atoms with van der Waals surface area (Å²) in [5.74, 6) is 0.537. The van der Waals surface area contributed by atoms with Gasteiger partial charge in [0.2, 0.25) is 15.9 Å². The number of rotatable bonds is 3. The van der Waals surface area contributed by atoms with Gasteiger partial charge in [-0.3, -0.25) is 4.79 Å². The zero-order valence-corrected chi connectivity index (χ0v) is 17.3. The molecule has 0 N–H and O–H groups in total. The minimum Gasteiger partial charge on any atom is -0.274 e. The standard InChI is InChI=1S/C20H33NO3S/c1-14(7-9-18(2,3)4)11-17(22)21-16-12-15-8-10-20(16,19(15,5)6)13-25(21,23)24/h7,9,14-16H,8,10-13H2,1-6H3/b9-7+/t14?,15-,16-,20-/m1/s1. The molecule has 3 aliphatic rings. The Morgan fingerprint density at radius 1 is 1.32 bits per heavy atom. The van der Waals surface area contributed by atoms with E-state index in [4.69, 9.17) is 0 Å². The molecule has 1 unspecified atom stereocenters. The highest BCUT2D eigenvalue weighted by Gasteiger charge is 2.72. The zero-order valence-electron chi connectivity index (χ0n) is 16.5. The van der Waals surface area contributed by atoms with Gasteiger partial charge in [0.1, 0.15) is 0 Å². The molecule has 5 heteroatoms. The molecule has 1 aliphatic heterocycles. The van der Waals surface area contributed by atoms with Crippen LogP contribution in [-0.4, -0.2) is 30.4 Å². The van der Waals surface area contributed by atoms with E-state index in [9.17, 15) is 13.2 Å². The number of allylic oxidation sites excluding steroid dienone is 2. The maximum absolute atomic E-state index is 12.9. The molecule has 0 aromatic carbocycles. The maximum Gasteiger partial charge on any atom is 0.238 e. The second-order valence-electron chi connectivity index (χ2n) is 10.2. The number of hydrogen-bond donors (Lipinski definition) is 0. The Kier molecular flexibility index (Phi) is 4.22. The normalized spacial score (nSPS) is 36.8. The Bertz CT molecular complexity index is 701. The Balaban J connectivity index is 1.81. The molecule has 3 rings (SSSR count). The van der Waals surface area contributed by atoms with E-state index >= 15 is 0 Å². The number of carbonyl (C=O) groups excluding carboxylic acids is 1. The van der Waals surface area contributed by atoms with Crippen LogP contribution in [-0.2, 0) is 14.8 Å². The van der Waals surface area contributed by atoms with Gasteiger partial charge in [0.25, 0.3) is 0 Å². The lowest BCUT2D eigenvalue weighted by Gasteiger charge is -2.37. The van der Waals surface area contributed by atoms with Crippen molar-refractivity contribution in [2.75, 3.05) is 5.75 Å². The van der Waals surface area contributed by atoms with Crippen molar-refractivity contribution >= 4 is 15.9 Å². The van der Waals surface area contributed by atoms with Gasteiger partial charge in [-0.05, 0) is 41.9 Å². The lowest BCUT2D eigenvalue weighted by molar-refractivity contribution is -0.129. The Morgan fingerprint density at radius 3 is 2.52 bits per heavy atom. The molecule has 0 aromatic rings. The van der Waals surface area contributed by atoms with Crippen molar-refractivity contribution < 1.29 is 13.2 Å². The Hall–Kier alpha value is -0.840. The summed E-state index contributed by atoms with van der Waals surface area (Å²) in [5.41, 5.74) is -0.149. The van der Waals surface area contributed by atoms with Crippen molar-refractivity contribution in [3.63, 3.8) is 0 Å². The smallest absolute Gasteiger partial charge is 0.238 e. The van der Waals surface area contributed by atoms with Gasteiger partial charge in [-0.1, -0.05) is 53.7 Å². The average Bonchev–Trinajstić information content (AvgIpc) is 2.91. The molecule has 1 heterocycles. The fourth-order valence-corrected chi connectivity index (χ4v) is 8.06. The van der Waals surface area contributed by atoms with E-state index in [-0.39, 0.29) is 46.3 Å². The van der Waals surface area contributed by atoms with Crippen molar-refractivity contribution in [1.29, 1.82) is 0 Å². The van der Waals surface area contributed by atoms with Crippen LogP contribution in [0.4, 0.5) is 0 Å². The van der Waals surface area contributed by atoms with Crippen LogP contribution in [0.15, 0.2) is 12.2 Å². The van der Waals surface area contributed by atoms with Crippen molar-refractivity contribution in [1.82, 2.24) is 4.31 Å². The van der Waals surface area contributed by atoms with Crippen LogP contribution in [0.3, 0.4) is 0 Å². The minimum absolute atomic E-state index is 0.0114. The number of carbonyl (C=O) groups is 1. The highest BCUT2D eigenvalue weighted by atomic mass is 32.2. The van der Waals surface area contributed by atoms with E-state index < -0.39 is 10.0 Å². The van der Waals surface area contributed by atoms with Crippen LogP contribution >= 0.6 is 0 Å². The molecule has 1 amide bonds. The first-order valence-corrected chi connectivity index (χ1v) is 11.2. The van der Waals surface area contributed by atoms with Crippen molar-refractivity contribution in [2.45, 2.75) is 73.3 Å². The van der Waals surface area contributed by atoms with Gasteiger partial charge in [0.15, 0.2) is 0 Å². The summed E-state index contributed by atoms with van der Waals surface area (Å²) in [5, 5.41) is 0. The second-order valence-corrected chi connectivity index (χ2v) is 12.1. The van der Waals surface area contributed by atoms with Crippen molar-refractivity contribution in [3.05, 3.63) is 12.2 Å². The van der Waals surface area contributed by atoms with E-state index in [0.717, 1.165) is 19.3 Å². The number of sulfonamides is 1. The molecular weight excluding hydrogens is 334 g/mol. The predicted molar refractivity (Wildman–Crippen MR) is 100 cm³/mol. The third-order valence-corrected chi connectivity index (χ3v) is 9.02. The van der Waals surface area contributed by atoms with Crippen LogP contribution in [0.2, 0.25) is 0 Å². The summed E-state index contributed by atoms with van der Waals surface area (Å²) in [7, 11) is -3.49. The Morgan fingerprint density at radius 2 is 1.96 bits per heavy atom. The SMILES string of the molecule is CC(/C=C/C(C)(C)C)CC(=O)N1[C@@H]2C[C@H]3CC[C@]2(CS1(=O)=O)C3(C)C. The average molecular weight is 368 g/mol. The molecule has 1 spiro atoms. The van der Waals surface area contributed by atoms with Gasteiger partial charge >= 0.3 is 0 Å². The van der Waals surface area contributed by atoms with E-state index in [2.05, 4.69) is 40.7 Å². The fourth-order valence-electron chi connectivity index (χ4n) is 5.50. The molecule has 25 heavy (non-hydrogen) atoms. The number of hydrogen-bond acceptors (Lipinski definition) is 3. The van der Waals surface area contributed by atoms with Crippen LogP contribution < -0.4 is 0 Å². The predicted octanol–water partition coefficient (Wildman–Crippen LogP) is 3.98. The lowest BCUT2D eigenvalue weighted by atomic mass is 9.69. The summed E-state index contributed by atoms with van der Waals surface area (Å²) in [4.78, 5) is 12.9. The molecular formula is C20H33NO3S. The first-order chi connectivity index (χ1) is 11.3. The monoisotopic (exact) mass is 367 g/mol. The van der Waals surface area contributed by atoms with E-state index in [1.54, 1.807) is 0 Å².